The van der Waals surface area contributed by atoms with Gasteiger partial charge in [-0.2, -0.15) is 4.52 Å². The number of fused-ring (bicyclic) bond motifs is 3. The van der Waals surface area contributed by atoms with Crippen molar-refractivity contribution in [2.45, 2.75) is 26.0 Å². The third kappa shape index (κ3) is 3.48. The summed E-state index contributed by atoms with van der Waals surface area (Å²) >= 11 is 0. The summed E-state index contributed by atoms with van der Waals surface area (Å²) in [5, 5.41) is 17.8. The molecule has 0 bridgehead atoms. The van der Waals surface area contributed by atoms with Crippen molar-refractivity contribution in [3.05, 3.63) is 53.6 Å². The van der Waals surface area contributed by atoms with Crippen LogP contribution in [0.25, 0.3) is 16.6 Å². The normalized spacial score (nSPS) is 11.7. The molecule has 10 nitrogen and oxygen atoms in total. The Labute approximate surface area is 171 Å². The van der Waals surface area contributed by atoms with Crippen LogP contribution in [0.3, 0.4) is 0 Å². The van der Waals surface area contributed by atoms with Crippen molar-refractivity contribution in [1.29, 1.82) is 0 Å². The number of hydrogen-bond acceptors (Lipinski definition) is 8. The van der Waals surface area contributed by atoms with Gasteiger partial charge in [0.05, 0.1) is 19.3 Å². The van der Waals surface area contributed by atoms with Crippen LogP contribution in [0.1, 0.15) is 35.7 Å². The highest BCUT2D eigenvalue weighted by atomic mass is 16.5. The Hall–Kier alpha value is -3.79. The molecule has 0 aliphatic carbocycles. The zero-order valence-corrected chi connectivity index (χ0v) is 16.7. The molecule has 154 valence electrons. The summed E-state index contributed by atoms with van der Waals surface area (Å²) in [4.78, 5) is 25.4. The van der Waals surface area contributed by atoms with E-state index in [9.17, 15) is 9.90 Å². The Balaban J connectivity index is 1.58. The molecule has 0 atom stereocenters. The summed E-state index contributed by atoms with van der Waals surface area (Å²) in [7, 11) is 1.56. The van der Waals surface area contributed by atoms with E-state index in [1.807, 2.05) is 12.1 Å². The van der Waals surface area contributed by atoms with E-state index in [0.717, 1.165) is 5.39 Å². The van der Waals surface area contributed by atoms with Crippen molar-refractivity contribution in [3.8, 4) is 5.75 Å². The fourth-order valence-corrected chi connectivity index (χ4v) is 3.05. The minimum Gasteiger partial charge on any atom is -0.494 e. The number of nitrogen functional groups attached to an aromatic ring is 1. The van der Waals surface area contributed by atoms with E-state index in [-0.39, 0.29) is 24.1 Å². The lowest BCUT2D eigenvalue weighted by Gasteiger charge is -2.17. The highest BCUT2D eigenvalue weighted by Gasteiger charge is 2.18. The topological polar surface area (TPSA) is 141 Å². The number of aliphatic hydroxyl groups is 1. The first-order valence-corrected chi connectivity index (χ1v) is 9.23. The number of carbonyl (C=O) groups excluding carboxylic acids is 1. The van der Waals surface area contributed by atoms with Crippen LogP contribution in [0, 0.1) is 0 Å². The molecule has 10 heteroatoms. The second kappa shape index (κ2) is 7.23. The maximum absolute atomic E-state index is 12.4. The van der Waals surface area contributed by atoms with Gasteiger partial charge in [-0.15, -0.1) is 5.10 Å². The number of rotatable bonds is 5. The van der Waals surface area contributed by atoms with Crippen molar-refractivity contribution in [3.63, 3.8) is 0 Å². The fourth-order valence-electron chi connectivity index (χ4n) is 3.05. The number of ether oxygens (including phenoxy) is 1. The Bertz CT molecular complexity index is 1240. The molecule has 0 radical (unpaired) electrons. The van der Waals surface area contributed by atoms with Gasteiger partial charge in [-0.05, 0) is 32.0 Å². The van der Waals surface area contributed by atoms with Crippen LogP contribution in [0.4, 0.5) is 5.95 Å². The molecule has 3 heterocycles. The van der Waals surface area contributed by atoms with Gasteiger partial charge >= 0.3 is 0 Å². The number of benzene rings is 1. The number of pyridine rings is 1. The summed E-state index contributed by atoms with van der Waals surface area (Å²) in [5.74, 6) is 0.741. The average Bonchev–Trinajstić information content (AvgIpc) is 3.16. The van der Waals surface area contributed by atoms with Crippen LogP contribution in [0.15, 0.2) is 36.5 Å². The third-order valence-corrected chi connectivity index (χ3v) is 4.66. The molecule has 0 aliphatic rings. The van der Waals surface area contributed by atoms with Crippen molar-refractivity contribution in [2.24, 2.45) is 0 Å². The van der Waals surface area contributed by atoms with Crippen LogP contribution in [0.5, 0.6) is 5.75 Å². The van der Waals surface area contributed by atoms with Gasteiger partial charge in [-0.25, -0.2) is 9.97 Å². The van der Waals surface area contributed by atoms with E-state index in [1.54, 1.807) is 39.2 Å². The van der Waals surface area contributed by atoms with E-state index in [0.29, 0.717) is 28.3 Å². The van der Waals surface area contributed by atoms with E-state index >= 15 is 0 Å². The van der Waals surface area contributed by atoms with Crippen LogP contribution >= 0.6 is 0 Å². The predicted octanol–water partition coefficient (Wildman–Crippen LogP) is 1.42. The Kier molecular flexibility index (Phi) is 4.70. The molecule has 1 amide bonds. The van der Waals surface area contributed by atoms with E-state index in [4.69, 9.17) is 10.5 Å². The zero-order chi connectivity index (χ0) is 21.5. The number of nitrogens with zero attached hydrogens (tertiary/aromatic N) is 5. The molecule has 4 rings (SSSR count). The molecule has 4 N–H and O–H groups in total. The molecular weight excluding hydrogens is 386 g/mol. The fraction of sp³-hybridized carbons (Fsp3) is 0.250. The number of amides is 1. The summed E-state index contributed by atoms with van der Waals surface area (Å²) in [6.07, 6.45) is 1.48. The summed E-state index contributed by atoms with van der Waals surface area (Å²) in [6, 6.07) is 8.69. The molecule has 3 aromatic heterocycles. The van der Waals surface area contributed by atoms with Gasteiger partial charge in [0.1, 0.15) is 17.0 Å². The van der Waals surface area contributed by atoms with Crippen molar-refractivity contribution < 1.29 is 14.6 Å². The number of methoxy groups -OCH3 is 1. The zero-order valence-electron chi connectivity index (χ0n) is 16.7. The van der Waals surface area contributed by atoms with Crippen LogP contribution in [-0.2, 0) is 12.1 Å². The minimum atomic E-state index is -1.03. The largest absolute Gasteiger partial charge is 0.494 e. The number of anilines is 1. The number of hydrogen-bond donors (Lipinski definition) is 3. The van der Waals surface area contributed by atoms with Gasteiger partial charge in [0.15, 0.2) is 11.5 Å². The van der Waals surface area contributed by atoms with Gasteiger partial charge in [0, 0.05) is 17.1 Å². The Morgan fingerprint density at radius 2 is 2.07 bits per heavy atom. The lowest BCUT2D eigenvalue weighted by atomic mass is 10.0. The summed E-state index contributed by atoms with van der Waals surface area (Å²) < 4.78 is 6.77. The van der Waals surface area contributed by atoms with Gasteiger partial charge < -0.3 is 20.9 Å². The lowest BCUT2D eigenvalue weighted by Crippen LogP contribution is -2.25. The molecule has 1 aromatic carbocycles. The van der Waals surface area contributed by atoms with E-state index in [1.165, 1.54) is 10.7 Å². The average molecular weight is 407 g/mol. The SMILES string of the molecule is COc1cccc2c1nc(N)n1nc(CNC(=O)c3ccc(C(C)(C)O)cn3)nc21. The molecule has 0 aliphatic heterocycles. The molecule has 0 unspecified atom stereocenters. The predicted molar refractivity (Wildman–Crippen MR) is 110 cm³/mol. The number of aromatic nitrogens is 5. The first-order chi connectivity index (χ1) is 14.3. The molecule has 0 saturated carbocycles. The number of para-hydroxylation sites is 1. The first kappa shape index (κ1) is 19.5. The highest BCUT2D eigenvalue weighted by Crippen LogP contribution is 2.27. The minimum absolute atomic E-state index is 0.0837. The van der Waals surface area contributed by atoms with Crippen molar-refractivity contribution >= 4 is 28.4 Å². The number of nitrogens with two attached hydrogens (primary N) is 1. The number of nitrogens with one attached hydrogen (secondary N) is 1. The van der Waals surface area contributed by atoms with Crippen LogP contribution in [-0.4, -0.2) is 42.7 Å². The van der Waals surface area contributed by atoms with Crippen LogP contribution in [0.2, 0.25) is 0 Å². The van der Waals surface area contributed by atoms with Crippen LogP contribution < -0.4 is 15.8 Å². The van der Waals surface area contributed by atoms with E-state index < -0.39 is 5.60 Å². The first-order valence-electron chi connectivity index (χ1n) is 9.23. The maximum Gasteiger partial charge on any atom is 0.270 e. The molecule has 30 heavy (non-hydrogen) atoms. The summed E-state index contributed by atoms with van der Waals surface area (Å²) in [6.45, 7) is 3.39. The van der Waals surface area contributed by atoms with Crippen molar-refractivity contribution in [2.75, 3.05) is 12.8 Å². The second-order valence-electron chi connectivity index (χ2n) is 7.26. The Morgan fingerprint density at radius 1 is 1.27 bits per heavy atom. The lowest BCUT2D eigenvalue weighted by molar-refractivity contribution is 0.0779. The smallest absolute Gasteiger partial charge is 0.270 e. The van der Waals surface area contributed by atoms with Crippen molar-refractivity contribution in [1.82, 2.24) is 29.9 Å². The second-order valence-corrected chi connectivity index (χ2v) is 7.26. The van der Waals surface area contributed by atoms with E-state index in [2.05, 4.69) is 25.4 Å². The summed E-state index contributed by atoms with van der Waals surface area (Å²) in [5.41, 5.74) is 6.96. The van der Waals surface area contributed by atoms with Gasteiger partial charge in [0.2, 0.25) is 5.95 Å². The quantitative estimate of drug-likeness (QED) is 0.451. The highest BCUT2D eigenvalue weighted by molar-refractivity contribution is 5.96. The Morgan fingerprint density at radius 3 is 2.73 bits per heavy atom. The van der Waals surface area contributed by atoms with Gasteiger partial charge in [-0.3, -0.25) is 9.78 Å². The molecule has 0 fully saturated rings. The molecule has 4 aromatic rings. The van der Waals surface area contributed by atoms with Gasteiger partial charge in [0.25, 0.3) is 5.91 Å². The molecule has 0 spiro atoms. The monoisotopic (exact) mass is 407 g/mol. The molecular formula is C20H21N7O3. The number of carbonyl (C=O) groups is 1. The molecule has 0 saturated heterocycles. The maximum atomic E-state index is 12.4. The standard InChI is InChI=1S/C20H21N7O3/c1-20(2,29)11-7-8-13(22-9-11)18(28)23-10-15-24-17-12-5-4-6-14(30-3)16(12)25-19(21)27(17)26-15/h4-9,29H,10H2,1-3H3,(H2,21,25)(H,23,28). The third-order valence-electron chi connectivity index (χ3n) is 4.66. The van der Waals surface area contributed by atoms with Gasteiger partial charge in [-0.1, -0.05) is 12.1 Å².